The van der Waals surface area contributed by atoms with E-state index >= 15 is 0 Å². The predicted octanol–water partition coefficient (Wildman–Crippen LogP) is 2.99. The Hall–Kier alpha value is -2.23. The molecule has 4 heteroatoms. The van der Waals surface area contributed by atoms with Crippen LogP contribution in [0.2, 0.25) is 0 Å². The molecule has 0 fully saturated rings. The molecular weight excluding hydrogens is 226 g/mol. The van der Waals surface area contributed by atoms with Crippen LogP contribution in [0, 0.1) is 0 Å². The normalized spacial score (nSPS) is 10.1. The second-order valence-corrected chi connectivity index (χ2v) is 3.79. The fourth-order valence-electron chi connectivity index (χ4n) is 1.66. The number of rotatable bonds is 6. The Bertz CT molecular complexity index is 519. The van der Waals surface area contributed by atoms with E-state index in [0.717, 1.165) is 17.0 Å². The highest BCUT2D eigenvalue weighted by atomic mass is 16.5. The van der Waals surface area contributed by atoms with Gasteiger partial charge in [-0.1, -0.05) is 18.7 Å². The number of hydrogen-bond acceptors (Lipinski definition) is 3. The minimum atomic E-state index is 0.660. The number of nitrogens with zero attached hydrogens (tertiary/aromatic N) is 2. The van der Waals surface area contributed by atoms with Gasteiger partial charge in [-0.25, -0.2) is 4.68 Å². The van der Waals surface area contributed by atoms with Crippen molar-refractivity contribution in [2.45, 2.75) is 13.5 Å². The summed E-state index contributed by atoms with van der Waals surface area (Å²) >= 11 is 0. The molecule has 2 rings (SSSR count). The number of para-hydroxylation sites is 2. The van der Waals surface area contributed by atoms with Gasteiger partial charge in [0.05, 0.1) is 18.5 Å². The molecule has 0 aliphatic heterocycles. The lowest BCUT2D eigenvalue weighted by Crippen LogP contribution is -2.02. The van der Waals surface area contributed by atoms with Crippen LogP contribution in [0.15, 0.2) is 43.2 Å². The largest absolute Gasteiger partial charge is 0.492 e. The Balaban J connectivity index is 2.03. The zero-order chi connectivity index (χ0) is 12.8. The van der Waals surface area contributed by atoms with E-state index in [4.69, 9.17) is 4.74 Å². The van der Waals surface area contributed by atoms with Crippen LogP contribution in [0.5, 0.6) is 5.75 Å². The number of nitrogens with one attached hydrogen (secondary N) is 1. The van der Waals surface area contributed by atoms with E-state index in [1.807, 2.05) is 43.6 Å². The highest BCUT2D eigenvalue weighted by Crippen LogP contribution is 2.24. The summed E-state index contributed by atoms with van der Waals surface area (Å²) in [5.41, 5.74) is 2.09. The third-order valence-electron chi connectivity index (χ3n) is 2.51. The standard InChI is InChI=1S/C14H17N3O/c1-3-17-11-12(10-16-17)9-15-13-7-5-6-8-14(13)18-4-2/h3,5-8,10-11,15H,1,4,9H2,2H3. The first-order valence-corrected chi connectivity index (χ1v) is 5.94. The molecule has 0 aliphatic carbocycles. The van der Waals surface area contributed by atoms with Gasteiger partial charge in [0.2, 0.25) is 0 Å². The molecule has 94 valence electrons. The Morgan fingerprint density at radius 1 is 1.44 bits per heavy atom. The predicted molar refractivity (Wildman–Crippen MR) is 73.6 cm³/mol. The van der Waals surface area contributed by atoms with Crippen molar-refractivity contribution in [1.29, 1.82) is 0 Å². The molecule has 1 heterocycles. The van der Waals surface area contributed by atoms with Crippen molar-refractivity contribution in [3.63, 3.8) is 0 Å². The smallest absolute Gasteiger partial charge is 0.142 e. The van der Waals surface area contributed by atoms with Crippen LogP contribution >= 0.6 is 0 Å². The molecule has 0 amide bonds. The monoisotopic (exact) mass is 243 g/mol. The molecule has 0 saturated heterocycles. The van der Waals surface area contributed by atoms with Gasteiger partial charge < -0.3 is 10.1 Å². The molecule has 0 saturated carbocycles. The maximum Gasteiger partial charge on any atom is 0.142 e. The topological polar surface area (TPSA) is 39.1 Å². The van der Waals surface area contributed by atoms with Crippen molar-refractivity contribution in [2.24, 2.45) is 0 Å². The summed E-state index contributed by atoms with van der Waals surface area (Å²) in [4.78, 5) is 0. The Morgan fingerprint density at radius 2 is 2.28 bits per heavy atom. The minimum Gasteiger partial charge on any atom is -0.492 e. The Labute approximate surface area is 107 Å². The average Bonchev–Trinajstić information content (AvgIpc) is 2.86. The maximum atomic E-state index is 5.55. The van der Waals surface area contributed by atoms with Crippen LogP contribution in [-0.4, -0.2) is 16.4 Å². The van der Waals surface area contributed by atoms with Crippen molar-refractivity contribution in [3.05, 3.63) is 48.8 Å². The van der Waals surface area contributed by atoms with E-state index in [1.54, 1.807) is 10.9 Å². The van der Waals surface area contributed by atoms with Crippen LogP contribution < -0.4 is 10.1 Å². The molecule has 0 atom stereocenters. The first-order valence-electron chi connectivity index (χ1n) is 5.94. The van der Waals surface area contributed by atoms with E-state index in [9.17, 15) is 0 Å². The van der Waals surface area contributed by atoms with Gasteiger partial charge in [0.25, 0.3) is 0 Å². The van der Waals surface area contributed by atoms with Gasteiger partial charge in [-0.15, -0.1) is 0 Å². The Morgan fingerprint density at radius 3 is 3.00 bits per heavy atom. The van der Waals surface area contributed by atoms with Crippen LogP contribution in [0.4, 0.5) is 5.69 Å². The second-order valence-electron chi connectivity index (χ2n) is 3.79. The highest BCUT2D eigenvalue weighted by Gasteiger charge is 2.02. The summed E-state index contributed by atoms with van der Waals surface area (Å²) < 4.78 is 7.24. The molecule has 1 N–H and O–H groups in total. The number of benzene rings is 1. The highest BCUT2D eigenvalue weighted by molar-refractivity contribution is 5.56. The number of aromatic nitrogens is 2. The molecule has 1 aromatic heterocycles. The lowest BCUT2D eigenvalue weighted by molar-refractivity contribution is 0.341. The van der Waals surface area contributed by atoms with Crippen molar-refractivity contribution in [1.82, 2.24) is 9.78 Å². The zero-order valence-corrected chi connectivity index (χ0v) is 10.5. The van der Waals surface area contributed by atoms with Gasteiger partial charge in [-0.3, -0.25) is 0 Å². The van der Waals surface area contributed by atoms with Gasteiger partial charge in [-0.2, -0.15) is 5.10 Å². The summed E-state index contributed by atoms with van der Waals surface area (Å²) in [6, 6.07) is 7.91. The summed E-state index contributed by atoms with van der Waals surface area (Å²) in [5.74, 6) is 0.871. The first-order chi connectivity index (χ1) is 8.83. The molecule has 0 aliphatic rings. The number of hydrogen-bond donors (Lipinski definition) is 1. The van der Waals surface area contributed by atoms with Gasteiger partial charge in [0, 0.05) is 24.5 Å². The zero-order valence-electron chi connectivity index (χ0n) is 10.5. The quantitative estimate of drug-likeness (QED) is 0.847. The average molecular weight is 243 g/mol. The third-order valence-corrected chi connectivity index (χ3v) is 2.51. The number of anilines is 1. The molecule has 4 nitrogen and oxygen atoms in total. The molecule has 0 unspecified atom stereocenters. The lowest BCUT2D eigenvalue weighted by Gasteiger charge is -2.11. The van der Waals surface area contributed by atoms with E-state index in [0.29, 0.717) is 13.2 Å². The third kappa shape index (κ3) is 2.91. The molecule has 2 aromatic rings. The summed E-state index contributed by atoms with van der Waals surface area (Å²) in [5, 5.41) is 7.47. The van der Waals surface area contributed by atoms with Gasteiger partial charge in [0.15, 0.2) is 0 Å². The molecule has 0 spiro atoms. The molecule has 0 radical (unpaired) electrons. The molecule has 1 aromatic carbocycles. The van der Waals surface area contributed by atoms with Crippen LogP contribution in [-0.2, 0) is 6.54 Å². The summed E-state index contributed by atoms with van der Waals surface area (Å²) in [7, 11) is 0. The first kappa shape index (κ1) is 12.2. The second kappa shape index (κ2) is 5.91. The molecular formula is C14H17N3O. The molecule has 0 bridgehead atoms. The van der Waals surface area contributed by atoms with Crippen LogP contribution in [0.1, 0.15) is 12.5 Å². The van der Waals surface area contributed by atoms with Crippen molar-refractivity contribution < 1.29 is 4.74 Å². The van der Waals surface area contributed by atoms with Gasteiger partial charge >= 0.3 is 0 Å². The summed E-state index contributed by atoms with van der Waals surface area (Å²) in [6.45, 7) is 7.00. The summed E-state index contributed by atoms with van der Waals surface area (Å²) in [6.07, 6.45) is 5.42. The Kier molecular flexibility index (Phi) is 4.02. The van der Waals surface area contributed by atoms with Crippen LogP contribution in [0.25, 0.3) is 6.20 Å². The fourth-order valence-corrected chi connectivity index (χ4v) is 1.66. The van der Waals surface area contributed by atoms with E-state index < -0.39 is 0 Å². The maximum absolute atomic E-state index is 5.55. The number of ether oxygens (including phenoxy) is 1. The molecule has 18 heavy (non-hydrogen) atoms. The van der Waals surface area contributed by atoms with Crippen molar-refractivity contribution >= 4 is 11.9 Å². The lowest BCUT2D eigenvalue weighted by atomic mass is 10.2. The van der Waals surface area contributed by atoms with Crippen molar-refractivity contribution in [3.8, 4) is 5.75 Å². The van der Waals surface area contributed by atoms with E-state index in [2.05, 4.69) is 17.0 Å². The minimum absolute atomic E-state index is 0.660. The fraction of sp³-hybridized carbons (Fsp3) is 0.214. The van der Waals surface area contributed by atoms with Crippen LogP contribution in [0.3, 0.4) is 0 Å². The SMILES string of the molecule is C=Cn1cc(CNc2ccccc2OCC)cn1. The van der Waals surface area contributed by atoms with Gasteiger partial charge in [0.1, 0.15) is 5.75 Å². The van der Waals surface area contributed by atoms with Gasteiger partial charge in [-0.05, 0) is 19.1 Å². The van der Waals surface area contributed by atoms with Crippen molar-refractivity contribution in [2.75, 3.05) is 11.9 Å². The van der Waals surface area contributed by atoms with E-state index in [1.165, 1.54) is 0 Å². The van der Waals surface area contributed by atoms with E-state index in [-0.39, 0.29) is 0 Å².